The van der Waals surface area contributed by atoms with E-state index < -0.39 is 0 Å². The summed E-state index contributed by atoms with van der Waals surface area (Å²) in [6.45, 7) is 3.83. The molecule has 5 heteroatoms. The zero-order valence-corrected chi connectivity index (χ0v) is 12.1. The molecule has 0 atom stereocenters. The van der Waals surface area contributed by atoms with Gasteiger partial charge in [0.25, 0.3) is 0 Å². The van der Waals surface area contributed by atoms with Gasteiger partial charge >= 0.3 is 0 Å². The molecule has 20 heavy (non-hydrogen) atoms. The number of hydrogen-bond acceptors (Lipinski definition) is 3. The number of amides is 1. The summed E-state index contributed by atoms with van der Waals surface area (Å²) in [7, 11) is 1.87. The lowest BCUT2D eigenvalue weighted by Crippen LogP contribution is -2.13. The molecule has 106 valence electrons. The molecule has 0 radical (unpaired) electrons. The summed E-state index contributed by atoms with van der Waals surface area (Å²) in [4.78, 5) is 12.0. The molecule has 0 fully saturated rings. The van der Waals surface area contributed by atoms with Crippen molar-refractivity contribution >= 4 is 17.3 Å². The van der Waals surface area contributed by atoms with Crippen molar-refractivity contribution in [1.82, 2.24) is 9.78 Å². The number of hydrogen-bond donors (Lipinski definition) is 2. The SMILES string of the molecule is Cc1nn(C)c(C)c1NC(=O)CCc1ccc(N)cc1. The highest BCUT2D eigenvalue weighted by Crippen LogP contribution is 2.18. The van der Waals surface area contributed by atoms with Gasteiger partial charge in [0.15, 0.2) is 0 Å². The predicted octanol–water partition coefficient (Wildman–Crippen LogP) is 2.19. The second-order valence-corrected chi connectivity index (χ2v) is 4.96. The number of nitrogens with zero attached hydrogens (tertiary/aromatic N) is 2. The fraction of sp³-hybridized carbons (Fsp3) is 0.333. The summed E-state index contributed by atoms with van der Waals surface area (Å²) in [6, 6.07) is 7.59. The van der Waals surface area contributed by atoms with E-state index in [0.29, 0.717) is 12.8 Å². The maximum atomic E-state index is 12.0. The van der Waals surface area contributed by atoms with Gasteiger partial charge in [-0.05, 0) is 38.0 Å². The van der Waals surface area contributed by atoms with E-state index >= 15 is 0 Å². The Morgan fingerprint density at radius 3 is 2.50 bits per heavy atom. The van der Waals surface area contributed by atoms with Crippen molar-refractivity contribution in [2.75, 3.05) is 11.1 Å². The second kappa shape index (κ2) is 5.77. The van der Waals surface area contributed by atoms with Crippen LogP contribution in [0.2, 0.25) is 0 Å². The van der Waals surface area contributed by atoms with Crippen molar-refractivity contribution in [2.45, 2.75) is 26.7 Å². The molecule has 0 saturated carbocycles. The van der Waals surface area contributed by atoms with Crippen LogP contribution in [-0.2, 0) is 18.3 Å². The van der Waals surface area contributed by atoms with Gasteiger partial charge in [0.05, 0.1) is 17.1 Å². The van der Waals surface area contributed by atoms with Gasteiger partial charge in [-0.15, -0.1) is 0 Å². The highest BCUT2D eigenvalue weighted by Gasteiger charge is 2.12. The number of carbonyl (C=O) groups is 1. The summed E-state index contributed by atoms with van der Waals surface area (Å²) in [5, 5.41) is 7.21. The second-order valence-electron chi connectivity index (χ2n) is 4.96. The molecule has 5 nitrogen and oxygen atoms in total. The monoisotopic (exact) mass is 272 g/mol. The number of benzene rings is 1. The van der Waals surface area contributed by atoms with Crippen LogP contribution < -0.4 is 11.1 Å². The average molecular weight is 272 g/mol. The lowest BCUT2D eigenvalue weighted by molar-refractivity contribution is -0.116. The molecule has 1 amide bonds. The third kappa shape index (κ3) is 3.17. The maximum absolute atomic E-state index is 12.0. The first-order valence-electron chi connectivity index (χ1n) is 6.62. The van der Waals surface area contributed by atoms with E-state index in [9.17, 15) is 4.79 Å². The molecule has 0 aliphatic rings. The van der Waals surface area contributed by atoms with Crippen LogP contribution in [-0.4, -0.2) is 15.7 Å². The van der Waals surface area contributed by atoms with Crippen LogP contribution >= 0.6 is 0 Å². The zero-order chi connectivity index (χ0) is 14.7. The average Bonchev–Trinajstić information content (AvgIpc) is 2.65. The number of nitrogens with two attached hydrogens (primary N) is 1. The third-order valence-electron chi connectivity index (χ3n) is 3.39. The fourth-order valence-corrected chi connectivity index (χ4v) is 2.10. The number of aryl methyl sites for hydroxylation is 3. The van der Waals surface area contributed by atoms with Gasteiger partial charge in [-0.25, -0.2) is 0 Å². The lowest BCUT2D eigenvalue weighted by Gasteiger charge is -2.06. The van der Waals surface area contributed by atoms with Crippen molar-refractivity contribution in [1.29, 1.82) is 0 Å². The summed E-state index contributed by atoms with van der Waals surface area (Å²) in [6.07, 6.45) is 1.14. The van der Waals surface area contributed by atoms with Crippen LogP contribution in [0.5, 0.6) is 0 Å². The Balaban J connectivity index is 1.94. The molecule has 1 aromatic carbocycles. The van der Waals surface area contributed by atoms with Crippen LogP contribution in [0, 0.1) is 13.8 Å². The smallest absolute Gasteiger partial charge is 0.224 e. The molecule has 1 aromatic heterocycles. The van der Waals surface area contributed by atoms with Gasteiger partial charge in [0.1, 0.15) is 0 Å². The first kappa shape index (κ1) is 14.1. The molecule has 0 aliphatic heterocycles. The number of anilines is 2. The van der Waals surface area contributed by atoms with E-state index in [0.717, 1.165) is 28.3 Å². The molecule has 2 rings (SSSR count). The summed E-state index contributed by atoms with van der Waals surface area (Å²) < 4.78 is 1.77. The van der Waals surface area contributed by atoms with Gasteiger partial charge in [0, 0.05) is 19.2 Å². The third-order valence-corrected chi connectivity index (χ3v) is 3.39. The Hall–Kier alpha value is -2.30. The minimum Gasteiger partial charge on any atom is -0.399 e. The number of rotatable bonds is 4. The van der Waals surface area contributed by atoms with E-state index in [1.54, 1.807) is 4.68 Å². The van der Waals surface area contributed by atoms with Crippen molar-refractivity contribution < 1.29 is 4.79 Å². The number of aromatic nitrogens is 2. The van der Waals surface area contributed by atoms with Crippen LogP contribution in [0.4, 0.5) is 11.4 Å². The standard InChI is InChI=1S/C15H20N4O/c1-10-15(11(2)19(3)18-10)17-14(20)9-6-12-4-7-13(16)8-5-12/h4-5,7-8H,6,9,16H2,1-3H3,(H,17,20). The van der Waals surface area contributed by atoms with E-state index in [1.165, 1.54) is 0 Å². The highest BCUT2D eigenvalue weighted by atomic mass is 16.1. The van der Waals surface area contributed by atoms with Gasteiger partial charge in [-0.1, -0.05) is 12.1 Å². The summed E-state index contributed by atoms with van der Waals surface area (Å²) in [5.74, 6) is 0.000949. The van der Waals surface area contributed by atoms with Crippen molar-refractivity contribution in [3.8, 4) is 0 Å². The minimum absolute atomic E-state index is 0.000949. The Morgan fingerprint density at radius 1 is 1.30 bits per heavy atom. The van der Waals surface area contributed by atoms with Gasteiger partial charge in [-0.2, -0.15) is 5.10 Å². The molecule has 0 spiro atoms. The van der Waals surface area contributed by atoms with E-state index in [2.05, 4.69) is 10.4 Å². The first-order valence-corrected chi connectivity index (χ1v) is 6.62. The summed E-state index contributed by atoms with van der Waals surface area (Å²) >= 11 is 0. The normalized spacial score (nSPS) is 10.6. The molecule has 1 heterocycles. The minimum atomic E-state index is 0.000949. The van der Waals surface area contributed by atoms with E-state index in [-0.39, 0.29) is 5.91 Å². The number of nitrogens with one attached hydrogen (secondary N) is 1. The quantitative estimate of drug-likeness (QED) is 0.838. The highest BCUT2D eigenvalue weighted by molar-refractivity contribution is 5.92. The molecular weight excluding hydrogens is 252 g/mol. The van der Waals surface area contributed by atoms with Crippen LogP contribution in [0.3, 0.4) is 0 Å². The number of carbonyl (C=O) groups excluding carboxylic acids is 1. The van der Waals surface area contributed by atoms with Crippen molar-refractivity contribution in [3.63, 3.8) is 0 Å². The van der Waals surface area contributed by atoms with Gasteiger partial charge in [0.2, 0.25) is 5.91 Å². The van der Waals surface area contributed by atoms with Crippen molar-refractivity contribution in [2.24, 2.45) is 7.05 Å². The Bertz CT molecular complexity index is 614. The van der Waals surface area contributed by atoms with Crippen molar-refractivity contribution in [3.05, 3.63) is 41.2 Å². The van der Waals surface area contributed by atoms with E-state index in [4.69, 9.17) is 5.73 Å². The topological polar surface area (TPSA) is 72.9 Å². The van der Waals surface area contributed by atoms with Crippen LogP contribution in [0.15, 0.2) is 24.3 Å². The molecule has 0 aliphatic carbocycles. The number of nitrogen functional groups attached to an aromatic ring is 1. The van der Waals surface area contributed by atoms with E-state index in [1.807, 2.05) is 45.2 Å². The van der Waals surface area contributed by atoms with Gasteiger partial charge < -0.3 is 11.1 Å². The van der Waals surface area contributed by atoms with Gasteiger partial charge in [-0.3, -0.25) is 9.48 Å². The Kier molecular flexibility index (Phi) is 4.08. The fourth-order valence-electron chi connectivity index (χ4n) is 2.10. The lowest BCUT2D eigenvalue weighted by atomic mass is 10.1. The summed E-state index contributed by atoms with van der Waals surface area (Å²) in [5.41, 5.74) is 10.1. The first-order chi connectivity index (χ1) is 9.47. The zero-order valence-electron chi connectivity index (χ0n) is 12.1. The molecule has 0 bridgehead atoms. The largest absolute Gasteiger partial charge is 0.399 e. The molecule has 0 unspecified atom stereocenters. The molecular formula is C15H20N4O. The Labute approximate surface area is 118 Å². The molecule has 2 aromatic rings. The maximum Gasteiger partial charge on any atom is 0.224 e. The Morgan fingerprint density at radius 2 is 1.95 bits per heavy atom. The molecule has 3 N–H and O–H groups in total. The molecule has 0 saturated heterocycles. The van der Waals surface area contributed by atoms with Crippen LogP contribution in [0.25, 0.3) is 0 Å². The van der Waals surface area contributed by atoms with Crippen LogP contribution in [0.1, 0.15) is 23.4 Å². The predicted molar refractivity (Wildman–Crippen MR) is 80.5 cm³/mol.